The fourth-order valence-corrected chi connectivity index (χ4v) is 4.78. The van der Waals surface area contributed by atoms with Gasteiger partial charge in [0.15, 0.2) is 0 Å². The van der Waals surface area contributed by atoms with Crippen LogP contribution in [-0.4, -0.2) is 80.9 Å². The number of nitrogens with zero attached hydrogens (tertiary/aromatic N) is 3. The molecular formula is C26H31ClF4N4O2. The Morgan fingerprint density at radius 2 is 1.76 bits per heavy atom. The second-order valence-corrected chi connectivity index (χ2v) is 9.80. The highest BCUT2D eigenvalue weighted by molar-refractivity contribution is 6.31. The molecule has 0 unspecified atom stereocenters. The number of piperazine rings is 1. The summed E-state index contributed by atoms with van der Waals surface area (Å²) in [6.45, 7) is 5.43. The lowest BCUT2D eigenvalue weighted by atomic mass is 10.1. The molecule has 0 radical (unpaired) electrons. The summed E-state index contributed by atoms with van der Waals surface area (Å²) in [5.41, 5.74) is 1.83. The first-order valence-corrected chi connectivity index (χ1v) is 12.8. The number of halogens is 5. The van der Waals surface area contributed by atoms with Gasteiger partial charge in [0.25, 0.3) is 5.91 Å². The van der Waals surface area contributed by atoms with Gasteiger partial charge in [-0.05, 0) is 42.3 Å². The summed E-state index contributed by atoms with van der Waals surface area (Å²) in [6, 6.07) is 9.62. The average Bonchev–Trinajstić information content (AvgIpc) is 3.12. The predicted molar refractivity (Wildman–Crippen MR) is 136 cm³/mol. The molecule has 2 saturated heterocycles. The number of nitrogens with one attached hydrogen (secondary N) is 1. The molecule has 2 heterocycles. The number of ether oxygens (including phenoxy) is 1. The Morgan fingerprint density at radius 1 is 0.973 bits per heavy atom. The van der Waals surface area contributed by atoms with E-state index in [9.17, 15) is 22.4 Å². The molecule has 0 bridgehead atoms. The van der Waals surface area contributed by atoms with Crippen molar-refractivity contribution in [1.82, 2.24) is 9.80 Å². The van der Waals surface area contributed by atoms with Crippen molar-refractivity contribution < 1.29 is 27.1 Å². The van der Waals surface area contributed by atoms with E-state index >= 15 is 0 Å². The predicted octanol–water partition coefficient (Wildman–Crippen LogP) is 5.03. The Kier molecular flexibility index (Phi) is 9.28. The van der Waals surface area contributed by atoms with E-state index in [1.807, 2.05) is 4.90 Å². The van der Waals surface area contributed by atoms with E-state index in [4.69, 9.17) is 16.3 Å². The van der Waals surface area contributed by atoms with Crippen molar-refractivity contribution in [3.05, 3.63) is 58.4 Å². The number of carbonyl (C=O) groups is 1. The van der Waals surface area contributed by atoms with Gasteiger partial charge in [0.2, 0.25) is 0 Å². The van der Waals surface area contributed by atoms with Gasteiger partial charge in [0.05, 0.1) is 30.0 Å². The second-order valence-electron chi connectivity index (χ2n) is 9.37. The van der Waals surface area contributed by atoms with Crippen LogP contribution in [0.5, 0.6) is 0 Å². The Labute approximate surface area is 219 Å². The fourth-order valence-electron chi connectivity index (χ4n) is 4.61. The molecule has 1 N–H and O–H groups in total. The lowest BCUT2D eigenvalue weighted by Crippen LogP contribution is -2.47. The van der Waals surface area contributed by atoms with E-state index in [0.29, 0.717) is 55.7 Å². The van der Waals surface area contributed by atoms with Crippen LogP contribution in [-0.2, 0) is 11.3 Å². The van der Waals surface area contributed by atoms with Crippen LogP contribution < -0.4 is 10.2 Å². The molecule has 0 aromatic heterocycles. The Hall–Kier alpha value is -2.40. The van der Waals surface area contributed by atoms with Crippen LogP contribution in [0.1, 0.15) is 28.8 Å². The number of rotatable bonds is 7. The zero-order valence-electron chi connectivity index (χ0n) is 20.5. The maximum absolute atomic E-state index is 14.9. The van der Waals surface area contributed by atoms with Gasteiger partial charge in [-0.25, -0.2) is 4.39 Å². The molecule has 2 aliphatic heterocycles. The van der Waals surface area contributed by atoms with E-state index < -0.39 is 24.3 Å². The maximum atomic E-state index is 14.9. The molecule has 0 saturated carbocycles. The summed E-state index contributed by atoms with van der Waals surface area (Å²) in [5, 5.41) is 3.25. The van der Waals surface area contributed by atoms with Gasteiger partial charge in [-0.1, -0.05) is 17.7 Å². The summed E-state index contributed by atoms with van der Waals surface area (Å²) in [6.07, 6.45) is -4.10. The molecule has 2 aromatic carbocycles. The highest BCUT2D eigenvalue weighted by Crippen LogP contribution is 2.31. The van der Waals surface area contributed by atoms with Crippen molar-refractivity contribution in [3.63, 3.8) is 0 Å². The molecule has 37 heavy (non-hydrogen) atoms. The van der Waals surface area contributed by atoms with Gasteiger partial charge in [0.1, 0.15) is 5.82 Å². The minimum atomic E-state index is -4.18. The zero-order chi connectivity index (χ0) is 26.4. The summed E-state index contributed by atoms with van der Waals surface area (Å²) < 4.78 is 58.1. The average molecular weight is 543 g/mol. The normalized spacial score (nSPS) is 18.0. The highest BCUT2D eigenvalue weighted by Gasteiger charge is 2.29. The Balaban J connectivity index is 1.40. The number of anilines is 2. The number of amides is 1. The lowest BCUT2D eigenvalue weighted by Gasteiger charge is -2.37. The van der Waals surface area contributed by atoms with Gasteiger partial charge in [-0.3, -0.25) is 14.6 Å². The standard InChI is InChI=1S/C26H31ClF4N4O2/c27-20-3-5-23(24(17-20)35-11-9-33(10-12-35)8-6-26(29,30)31)32-25(36)21-4-2-19(16-22(21)28)18-34-7-1-14-37-15-13-34/h2-5,16-17H,1,6-15,18H2,(H,32,36). The van der Waals surface area contributed by atoms with Crippen LogP contribution >= 0.6 is 11.6 Å². The molecule has 6 nitrogen and oxygen atoms in total. The van der Waals surface area contributed by atoms with E-state index in [1.165, 1.54) is 12.1 Å². The van der Waals surface area contributed by atoms with Gasteiger partial charge in [0, 0.05) is 64.0 Å². The zero-order valence-corrected chi connectivity index (χ0v) is 21.3. The van der Waals surface area contributed by atoms with Crippen molar-refractivity contribution in [1.29, 1.82) is 0 Å². The molecule has 2 fully saturated rings. The number of carbonyl (C=O) groups excluding carboxylic acids is 1. The van der Waals surface area contributed by atoms with Crippen LogP contribution in [0, 0.1) is 5.82 Å². The summed E-state index contributed by atoms with van der Waals surface area (Å²) in [4.78, 5) is 18.9. The minimum absolute atomic E-state index is 0.0444. The summed E-state index contributed by atoms with van der Waals surface area (Å²) in [5.74, 6) is -1.19. The van der Waals surface area contributed by atoms with E-state index in [1.54, 1.807) is 29.2 Å². The van der Waals surface area contributed by atoms with Gasteiger partial charge >= 0.3 is 6.18 Å². The topological polar surface area (TPSA) is 48.1 Å². The van der Waals surface area contributed by atoms with Crippen molar-refractivity contribution in [2.24, 2.45) is 0 Å². The van der Waals surface area contributed by atoms with Gasteiger partial charge in [-0.2, -0.15) is 13.2 Å². The Bertz CT molecular complexity index is 1070. The molecular weight excluding hydrogens is 512 g/mol. The molecule has 0 aliphatic carbocycles. The minimum Gasteiger partial charge on any atom is -0.380 e. The van der Waals surface area contributed by atoms with Gasteiger partial charge < -0.3 is 15.0 Å². The van der Waals surface area contributed by atoms with E-state index in [0.717, 1.165) is 31.7 Å². The Morgan fingerprint density at radius 3 is 2.49 bits per heavy atom. The van der Waals surface area contributed by atoms with Crippen molar-refractivity contribution in [2.75, 3.05) is 69.2 Å². The molecule has 1 amide bonds. The fraction of sp³-hybridized carbons (Fsp3) is 0.500. The largest absolute Gasteiger partial charge is 0.390 e. The number of alkyl halides is 3. The van der Waals surface area contributed by atoms with Crippen LogP contribution in [0.2, 0.25) is 5.02 Å². The molecule has 4 rings (SSSR count). The molecule has 2 aromatic rings. The summed E-state index contributed by atoms with van der Waals surface area (Å²) >= 11 is 6.20. The maximum Gasteiger partial charge on any atom is 0.390 e. The van der Waals surface area contributed by atoms with Crippen LogP contribution in [0.15, 0.2) is 36.4 Å². The van der Waals surface area contributed by atoms with Crippen LogP contribution in [0.4, 0.5) is 28.9 Å². The number of benzene rings is 2. The first kappa shape index (κ1) is 27.6. The molecule has 0 spiro atoms. The van der Waals surface area contributed by atoms with Gasteiger partial charge in [-0.15, -0.1) is 0 Å². The van der Waals surface area contributed by atoms with Crippen molar-refractivity contribution in [2.45, 2.75) is 25.6 Å². The van der Waals surface area contributed by atoms with E-state index in [-0.39, 0.29) is 12.1 Å². The molecule has 11 heteroatoms. The third-order valence-electron chi connectivity index (χ3n) is 6.63. The highest BCUT2D eigenvalue weighted by atomic mass is 35.5. The molecule has 202 valence electrons. The van der Waals surface area contributed by atoms with Crippen LogP contribution in [0.25, 0.3) is 0 Å². The lowest BCUT2D eigenvalue weighted by molar-refractivity contribution is -0.138. The molecule has 2 aliphatic rings. The summed E-state index contributed by atoms with van der Waals surface area (Å²) in [7, 11) is 0. The molecule has 0 atom stereocenters. The smallest absolute Gasteiger partial charge is 0.380 e. The SMILES string of the molecule is O=C(Nc1ccc(Cl)cc1N1CCN(CCC(F)(F)F)CC1)c1ccc(CN2CCCOCC2)cc1F. The third kappa shape index (κ3) is 8.04. The number of hydrogen-bond acceptors (Lipinski definition) is 5. The number of hydrogen-bond donors (Lipinski definition) is 1. The van der Waals surface area contributed by atoms with E-state index in [2.05, 4.69) is 10.2 Å². The van der Waals surface area contributed by atoms with Crippen LogP contribution in [0.3, 0.4) is 0 Å². The first-order chi connectivity index (χ1) is 17.7. The first-order valence-electron chi connectivity index (χ1n) is 12.4. The third-order valence-corrected chi connectivity index (χ3v) is 6.87. The monoisotopic (exact) mass is 542 g/mol. The van der Waals surface area contributed by atoms with Crippen molar-refractivity contribution >= 4 is 28.9 Å². The second kappa shape index (κ2) is 12.4. The van der Waals surface area contributed by atoms with Crippen molar-refractivity contribution in [3.8, 4) is 0 Å². The quantitative estimate of drug-likeness (QED) is 0.498.